The molecule has 3 aromatic rings. The number of benzene rings is 2. The Hall–Kier alpha value is -2.86. The summed E-state index contributed by atoms with van der Waals surface area (Å²) in [6.45, 7) is 4.70. The molecule has 1 fully saturated rings. The predicted octanol–water partition coefficient (Wildman–Crippen LogP) is 5.25. The molecule has 162 valence electrons. The van der Waals surface area contributed by atoms with E-state index in [-0.39, 0.29) is 22.9 Å². The number of phenols is 1. The number of nitrogens with zero attached hydrogens (tertiary/aromatic N) is 1. The van der Waals surface area contributed by atoms with E-state index in [0.717, 1.165) is 27.8 Å². The van der Waals surface area contributed by atoms with Crippen molar-refractivity contribution in [1.29, 1.82) is 0 Å². The average molecular weight is 423 g/mol. The molecule has 5 rings (SSSR count). The Balaban J connectivity index is 1.81. The largest absolute Gasteiger partial charge is 0.507 e. The number of rotatable bonds is 2. The first kappa shape index (κ1) is 20.1. The van der Waals surface area contributed by atoms with Crippen LogP contribution < -0.4 is 0 Å². The van der Waals surface area contributed by atoms with E-state index in [0.29, 0.717) is 32.3 Å². The number of halogens is 1. The average Bonchev–Trinajstić information content (AvgIpc) is 3.11. The lowest BCUT2D eigenvalue weighted by Crippen LogP contribution is -2.46. The van der Waals surface area contributed by atoms with Crippen molar-refractivity contribution in [3.8, 4) is 11.4 Å². The molecule has 2 heterocycles. The maximum absolute atomic E-state index is 13.7. The van der Waals surface area contributed by atoms with E-state index in [2.05, 4.69) is 18.4 Å². The number of aliphatic carboxylic acids is 1. The molecule has 1 aliphatic heterocycles. The summed E-state index contributed by atoms with van der Waals surface area (Å²) in [5.41, 5.74) is 2.65. The summed E-state index contributed by atoms with van der Waals surface area (Å²) in [5.74, 6) is -1.26. The van der Waals surface area contributed by atoms with Crippen LogP contribution in [0.2, 0.25) is 0 Å². The molecule has 1 saturated carbocycles. The Morgan fingerprint density at radius 3 is 2.45 bits per heavy atom. The van der Waals surface area contributed by atoms with Crippen LogP contribution in [-0.2, 0) is 20.5 Å². The molecule has 31 heavy (non-hydrogen) atoms. The Labute approximate surface area is 180 Å². The van der Waals surface area contributed by atoms with Crippen LogP contribution >= 0.6 is 0 Å². The fraction of sp³-hybridized carbons (Fsp3) is 0.400. The SMILES string of the molecule is CC1(C)CO[C@]2(CC[C@@H](C(=O)O)CC2)c2c1n(-c1ccc(F)cc1)c1cccc(O)c12. The quantitative estimate of drug-likeness (QED) is 0.590. The van der Waals surface area contributed by atoms with Gasteiger partial charge >= 0.3 is 5.97 Å². The van der Waals surface area contributed by atoms with Crippen molar-refractivity contribution in [2.45, 2.75) is 50.5 Å². The third-order valence-electron chi connectivity index (χ3n) is 7.01. The minimum absolute atomic E-state index is 0.177. The minimum atomic E-state index is -0.761. The van der Waals surface area contributed by atoms with E-state index in [9.17, 15) is 19.4 Å². The number of ether oxygens (including phenoxy) is 1. The van der Waals surface area contributed by atoms with Gasteiger partial charge < -0.3 is 19.5 Å². The van der Waals surface area contributed by atoms with Crippen molar-refractivity contribution in [3.05, 3.63) is 59.5 Å². The summed E-state index contributed by atoms with van der Waals surface area (Å²) in [6.07, 6.45) is 2.24. The molecule has 0 radical (unpaired) electrons. The Bertz CT molecular complexity index is 1170. The molecular weight excluding hydrogens is 397 g/mol. The van der Waals surface area contributed by atoms with Crippen molar-refractivity contribution < 1.29 is 24.1 Å². The van der Waals surface area contributed by atoms with Gasteiger partial charge in [-0.3, -0.25) is 4.79 Å². The smallest absolute Gasteiger partial charge is 0.306 e. The van der Waals surface area contributed by atoms with E-state index in [1.165, 1.54) is 12.1 Å². The highest BCUT2D eigenvalue weighted by molar-refractivity contribution is 5.94. The number of carboxylic acid groups (broad SMARTS) is 1. The van der Waals surface area contributed by atoms with Crippen molar-refractivity contribution in [3.63, 3.8) is 0 Å². The lowest BCUT2D eigenvalue weighted by atomic mass is 9.69. The zero-order chi connectivity index (χ0) is 22.0. The van der Waals surface area contributed by atoms with Gasteiger partial charge in [0.05, 0.1) is 23.6 Å². The van der Waals surface area contributed by atoms with Gasteiger partial charge in [-0.05, 0) is 62.1 Å². The topological polar surface area (TPSA) is 71.7 Å². The van der Waals surface area contributed by atoms with Crippen LogP contribution in [0.25, 0.3) is 16.6 Å². The van der Waals surface area contributed by atoms with Gasteiger partial charge in [-0.1, -0.05) is 19.9 Å². The zero-order valence-corrected chi connectivity index (χ0v) is 17.7. The molecule has 2 aromatic carbocycles. The van der Waals surface area contributed by atoms with Gasteiger partial charge in [-0.15, -0.1) is 0 Å². The van der Waals surface area contributed by atoms with E-state index in [4.69, 9.17) is 4.74 Å². The van der Waals surface area contributed by atoms with Crippen LogP contribution in [0.4, 0.5) is 4.39 Å². The van der Waals surface area contributed by atoms with Crippen molar-refractivity contribution in [2.75, 3.05) is 6.61 Å². The molecule has 2 aliphatic rings. The van der Waals surface area contributed by atoms with Gasteiger partial charge in [0.2, 0.25) is 0 Å². The van der Waals surface area contributed by atoms with Crippen LogP contribution in [-0.4, -0.2) is 27.4 Å². The van der Waals surface area contributed by atoms with E-state index < -0.39 is 11.6 Å². The molecule has 0 saturated heterocycles. The molecule has 0 bridgehead atoms. The fourth-order valence-electron chi connectivity index (χ4n) is 5.45. The van der Waals surface area contributed by atoms with Crippen LogP contribution in [0.3, 0.4) is 0 Å². The molecule has 6 heteroatoms. The maximum atomic E-state index is 13.7. The van der Waals surface area contributed by atoms with Gasteiger partial charge in [-0.25, -0.2) is 4.39 Å². The highest BCUT2D eigenvalue weighted by atomic mass is 19.1. The van der Waals surface area contributed by atoms with Crippen molar-refractivity contribution in [2.24, 2.45) is 5.92 Å². The predicted molar refractivity (Wildman–Crippen MR) is 115 cm³/mol. The number of carbonyl (C=O) groups is 1. The molecular formula is C25H26FNO4. The molecule has 5 nitrogen and oxygen atoms in total. The number of hydrogen-bond donors (Lipinski definition) is 2. The maximum Gasteiger partial charge on any atom is 0.306 e. The molecule has 1 aromatic heterocycles. The number of aromatic hydroxyl groups is 1. The summed E-state index contributed by atoms with van der Waals surface area (Å²) >= 11 is 0. The Morgan fingerprint density at radius 1 is 1.13 bits per heavy atom. The number of carboxylic acids is 1. The molecule has 0 atom stereocenters. The van der Waals surface area contributed by atoms with Gasteiger partial charge in [0.1, 0.15) is 11.6 Å². The van der Waals surface area contributed by atoms with Gasteiger partial charge in [0.15, 0.2) is 0 Å². The summed E-state index contributed by atoms with van der Waals surface area (Å²) < 4.78 is 22.3. The fourth-order valence-corrected chi connectivity index (χ4v) is 5.45. The zero-order valence-electron chi connectivity index (χ0n) is 17.7. The highest BCUT2D eigenvalue weighted by Crippen LogP contribution is 2.55. The third-order valence-corrected chi connectivity index (χ3v) is 7.01. The number of hydrogen-bond acceptors (Lipinski definition) is 3. The minimum Gasteiger partial charge on any atom is -0.507 e. The molecule has 1 aliphatic carbocycles. The first-order valence-electron chi connectivity index (χ1n) is 10.7. The highest BCUT2D eigenvalue weighted by Gasteiger charge is 2.50. The van der Waals surface area contributed by atoms with E-state index in [1.807, 2.05) is 12.1 Å². The summed E-state index contributed by atoms with van der Waals surface area (Å²) in [6, 6.07) is 11.8. The Morgan fingerprint density at radius 2 is 1.81 bits per heavy atom. The third kappa shape index (κ3) is 2.96. The van der Waals surface area contributed by atoms with Crippen molar-refractivity contribution >= 4 is 16.9 Å². The van der Waals surface area contributed by atoms with Crippen LogP contribution in [0.15, 0.2) is 42.5 Å². The van der Waals surface area contributed by atoms with Crippen LogP contribution in [0, 0.1) is 11.7 Å². The standard InChI is InChI=1S/C25H26FNO4/c1-24(2)14-31-25(12-10-15(11-13-25)23(29)30)21-20-18(4-3-5-19(20)28)27(22(21)24)17-8-6-16(26)7-9-17/h3-9,15,28H,10-14H2,1-2H3,(H,29,30)/t15-,25+. The first-order chi connectivity index (χ1) is 14.7. The van der Waals surface area contributed by atoms with Crippen LogP contribution in [0.1, 0.15) is 50.8 Å². The lowest BCUT2D eigenvalue weighted by molar-refractivity contribution is -0.149. The molecule has 0 amide bonds. The Kier molecular flexibility index (Phi) is 4.42. The van der Waals surface area contributed by atoms with Crippen molar-refractivity contribution in [1.82, 2.24) is 4.57 Å². The van der Waals surface area contributed by atoms with Gasteiger partial charge in [0, 0.05) is 27.7 Å². The summed E-state index contributed by atoms with van der Waals surface area (Å²) in [7, 11) is 0. The second kappa shape index (κ2) is 6.82. The molecule has 2 N–H and O–H groups in total. The normalized spacial score (nSPS) is 24.9. The van der Waals surface area contributed by atoms with Gasteiger partial charge in [-0.2, -0.15) is 0 Å². The number of aromatic nitrogens is 1. The second-order valence-corrected chi connectivity index (χ2v) is 9.49. The second-order valence-electron chi connectivity index (χ2n) is 9.49. The summed E-state index contributed by atoms with van der Waals surface area (Å²) in [5, 5.41) is 21.2. The van der Waals surface area contributed by atoms with Gasteiger partial charge in [0.25, 0.3) is 0 Å². The molecule has 0 unspecified atom stereocenters. The molecule has 1 spiro atoms. The number of phenolic OH excluding ortho intramolecular Hbond substituents is 1. The number of fused-ring (bicyclic) bond motifs is 4. The van der Waals surface area contributed by atoms with Crippen LogP contribution in [0.5, 0.6) is 5.75 Å². The lowest BCUT2D eigenvalue weighted by Gasteiger charge is -2.47. The first-order valence-corrected chi connectivity index (χ1v) is 10.7. The van der Waals surface area contributed by atoms with E-state index >= 15 is 0 Å². The summed E-state index contributed by atoms with van der Waals surface area (Å²) in [4.78, 5) is 11.5. The monoisotopic (exact) mass is 423 g/mol. The van der Waals surface area contributed by atoms with E-state index in [1.54, 1.807) is 18.2 Å².